The average Bonchev–Trinajstić information content (AvgIpc) is 3.51. The van der Waals surface area contributed by atoms with Crippen molar-refractivity contribution in [3.8, 4) is 0 Å². The minimum atomic E-state index is -2.01. The van der Waals surface area contributed by atoms with E-state index in [4.69, 9.17) is 10.5 Å². The number of benzene rings is 3. The maximum absolute atomic E-state index is 14.7. The number of aliphatic hydroxyl groups is 5. The predicted octanol–water partition coefficient (Wildman–Crippen LogP) is -1.78. The molecule has 1 fully saturated rings. The fourth-order valence-electron chi connectivity index (χ4n) is 8.67. The Bertz CT molecular complexity index is 2700. The molecule has 1 aliphatic rings. The van der Waals surface area contributed by atoms with Gasteiger partial charge >= 0.3 is 11.9 Å². The van der Waals surface area contributed by atoms with Gasteiger partial charge in [0, 0.05) is 37.0 Å². The monoisotopic (exact) mass is 1230 g/mol. The average molecular weight is 1230 g/mol. The molecular formula is C57H78N8O18S2. The molecule has 85 heavy (non-hydrogen) atoms. The van der Waals surface area contributed by atoms with Crippen LogP contribution in [0.25, 0.3) is 0 Å². The summed E-state index contributed by atoms with van der Waals surface area (Å²) in [4.78, 5) is 135. The number of rotatable bonds is 37. The summed E-state index contributed by atoms with van der Waals surface area (Å²) in [7, 11) is 0. The van der Waals surface area contributed by atoms with E-state index in [2.05, 4.69) is 49.8 Å². The summed E-state index contributed by atoms with van der Waals surface area (Å²) in [6, 6.07) is 16.4. The number of hydrogen-bond donors (Lipinski definition) is 16. The van der Waals surface area contributed by atoms with Crippen LogP contribution >= 0.6 is 24.4 Å². The summed E-state index contributed by atoms with van der Waals surface area (Å²) in [5, 5.41) is 87.1. The number of aryl methyl sites for hydroxylation is 1. The molecule has 7 unspecified atom stereocenters. The lowest BCUT2D eigenvalue weighted by Crippen LogP contribution is -2.65. The zero-order valence-corrected chi connectivity index (χ0v) is 48.8. The van der Waals surface area contributed by atoms with Gasteiger partial charge in [0.2, 0.25) is 29.5 Å². The van der Waals surface area contributed by atoms with Gasteiger partial charge in [0.05, 0.1) is 13.0 Å². The Labute approximate surface area is 501 Å². The summed E-state index contributed by atoms with van der Waals surface area (Å²) >= 11 is 5.47. The number of nitrogens with one attached hydrogen (secondary N) is 7. The number of amides is 6. The maximum Gasteiger partial charge on any atom is 0.305 e. The molecule has 3 aromatic rings. The minimum absolute atomic E-state index is 0.0326. The number of carbonyl (C=O) groups excluding carboxylic acids is 8. The SMILES string of the molecule is CC(C)CC(O)C(=O)NC(CCC(=O)O)C(=O)NC(CC(=O)O)C(=O)NC(NC(NC(=O)C(Cc1ccccc1)NC(=O)C(CS)NC(=O)c1ccc(CCS[C@@H]2O[C@H](CO)[C@@H](O)[C@H](O)[C@H]2O)cc1)C(=O)Cc1ccccc1)C(=O)CCCCN. The smallest absolute Gasteiger partial charge is 0.305 e. The molecule has 3 aromatic carbocycles. The number of carboxylic acid groups (broad SMARTS) is 2. The zero-order chi connectivity index (χ0) is 62.8. The molecule has 1 saturated heterocycles. The molecule has 4 rings (SSSR count). The fourth-order valence-corrected chi connectivity index (χ4v) is 10.1. The molecule has 1 heterocycles. The molecule has 0 aromatic heterocycles. The summed E-state index contributed by atoms with van der Waals surface area (Å²) < 4.78 is 5.55. The quantitative estimate of drug-likeness (QED) is 0.0172. The van der Waals surface area contributed by atoms with Crippen LogP contribution in [-0.2, 0) is 67.2 Å². The van der Waals surface area contributed by atoms with Crippen LogP contribution in [-0.4, -0.2) is 192 Å². The number of thiol groups is 1. The first-order chi connectivity index (χ1) is 40.4. The molecule has 12 atom stereocenters. The molecule has 16 N–H and O–H groups in total. The van der Waals surface area contributed by atoms with Gasteiger partial charge in [-0.05, 0) is 79.1 Å². The van der Waals surface area contributed by atoms with Crippen molar-refractivity contribution in [2.45, 2.75) is 151 Å². The number of ketones is 2. The van der Waals surface area contributed by atoms with Crippen LogP contribution < -0.4 is 43.0 Å². The lowest BCUT2D eigenvalue weighted by atomic mass is 10.0. The van der Waals surface area contributed by atoms with Crippen LogP contribution in [0.1, 0.15) is 85.8 Å². The molecule has 0 saturated carbocycles. The van der Waals surface area contributed by atoms with Gasteiger partial charge in [0.25, 0.3) is 5.91 Å². The highest BCUT2D eigenvalue weighted by Gasteiger charge is 2.43. The number of aliphatic hydroxyl groups excluding tert-OH is 5. The molecule has 466 valence electrons. The molecular weight excluding hydrogens is 1150 g/mol. The Morgan fingerprint density at radius 2 is 1.19 bits per heavy atom. The van der Waals surface area contributed by atoms with Crippen molar-refractivity contribution < 1.29 is 88.4 Å². The first-order valence-corrected chi connectivity index (χ1v) is 29.3. The van der Waals surface area contributed by atoms with Gasteiger partial charge in [-0.3, -0.25) is 53.3 Å². The normalized spacial score (nSPS) is 19.1. The van der Waals surface area contributed by atoms with Crippen LogP contribution in [0, 0.1) is 5.92 Å². The van der Waals surface area contributed by atoms with Gasteiger partial charge in [-0.15, -0.1) is 11.8 Å². The number of ether oxygens (including phenoxy) is 1. The van der Waals surface area contributed by atoms with E-state index in [0.717, 1.165) is 17.3 Å². The number of unbranched alkanes of at least 4 members (excludes halogenated alkanes) is 1. The third kappa shape index (κ3) is 23.8. The topological polar surface area (TPSA) is 432 Å². The molecule has 0 bridgehead atoms. The lowest BCUT2D eigenvalue weighted by molar-refractivity contribution is -0.205. The summed E-state index contributed by atoms with van der Waals surface area (Å²) in [5.74, 6) is -10.7. The van der Waals surface area contributed by atoms with Crippen LogP contribution in [0.15, 0.2) is 84.9 Å². The predicted molar refractivity (Wildman–Crippen MR) is 312 cm³/mol. The second-order valence-electron chi connectivity index (χ2n) is 20.7. The van der Waals surface area contributed by atoms with E-state index in [-0.39, 0.29) is 55.9 Å². The summed E-state index contributed by atoms with van der Waals surface area (Å²) in [6.45, 7) is 3.02. The number of thioether (sulfide) groups is 1. The van der Waals surface area contributed by atoms with Gasteiger partial charge in [-0.25, -0.2) is 0 Å². The third-order valence-electron chi connectivity index (χ3n) is 13.4. The third-order valence-corrected chi connectivity index (χ3v) is 14.9. The molecule has 0 aliphatic carbocycles. The molecule has 28 heteroatoms. The van der Waals surface area contributed by atoms with E-state index in [9.17, 15) is 83.7 Å². The Morgan fingerprint density at radius 1 is 0.624 bits per heavy atom. The number of Topliss-reactive ketones (excluding diaryl/α,β-unsaturated/α-hetero) is 2. The van der Waals surface area contributed by atoms with E-state index in [1.807, 2.05) is 0 Å². The minimum Gasteiger partial charge on any atom is -0.481 e. The van der Waals surface area contributed by atoms with E-state index in [0.29, 0.717) is 29.7 Å². The number of carboxylic acids is 2. The van der Waals surface area contributed by atoms with Gasteiger partial charge in [0.15, 0.2) is 11.6 Å². The Balaban J connectivity index is 1.60. The highest BCUT2D eigenvalue weighted by Crippen LogP contribution is 2.29. The Morgan fingerprint density at radius 3 is 1.76 bits per heavy atom. The van der Waals surface area contributed by atoms with Crippen molar-refractivity contribution >= 4 is 83.3 Å². The molecule has 0 spiro atoms. The molecule has 0 radical (unpaired) electrons. The zero-order valence-electron chi connectivity index (χ0n) is 47.0. The standard InChI is InChI=1S/C57H78N8O18S2/c1-31(2)25-42(69)56(82)59-36(20-21-44(70)71)52(78)61-38(28-45(72)73)54(80)64-49(40(67)15-9-10-23-58)63-50(41(68)27-34-13-7-4-8-14-34)65-53(79)37(26-33-11-5-3-6-12-33)60-55(81)39(30-84)62-51(77)35-18-16-32(17-19-35)22-24-85-57-48(76)47(75)46(74)43(29-66)83-57/h3-8,11-14,16-19,31,36-39,42-43,46-50,57,63,66,69,74-76,84H,9-10,15,20-30,58H2,1-2H3,(H,59,82)(H,60,81)(H,61,78)(H,62,77)(H,64,80)(H,65,79)(H,70,71)(H,72,73)/t36?,37?,38?,39?,42?,43-,46-,47+,48-,49?,50?,57+/m1/s1. The van der Waals surface area contributed by atoms with Gasteiger partial charge in [-0.1, -0.05) is 86.6 Å². The van der Waals surface area contributed by atoms with Crippen LogP contribution in [0.5, 0.6) is 0 Å². The van der Waals surface area contributed by atoms with Gasteiger partial charge in [-0.2, -0.15) is 12.6 Å². The first kappa shape index (κ1) is 70.6. The number of nitrogens with two attached hydrogens (primary N) is 1. The largest absolute Gasteiger partial charge is 0.481 e. The van der Waals surface area contributed by atoms with Crippen molar-refractivity contribution in [3.05, 3.63) is 107 Å². The summed E-state index contributed by atoms with van der Waals surface area (Å²) in [6.07, 6.45) is -13.2. The number of hydrogen-bond acceptors (Lipinski definition) is 20. The van der Waals surface area contributed by atoms with Crippen molar-refractivity contribution in [1.82, 2.24) is 37.2 Å². The van der Waals surface area contributed by atoms with Crippen LogP contribution in [0.4, 0.5) is 0 Å². The Hall–Kier alpha value is -6.86. The molecule has 1 aliphatic heterocycles. The van der Waals surface area contributed by atoms with Crippen LogP contribution in [0.2, 0.25) is 0 Å². The number of carbonyl (C=O) groups is 10. The highest BCUT2D eigenvalue weighted by atomic mass is 32.2. The van der Waals surface area contributed by atoms with Crippen molar-refractivity contribution in [2.75, 3.05) is 24.7 Å². The van der Waals surface area contributed by atoms with E-state index < -0.39 is 157 Å². The van der Waals surface area contributed by atoms with Crippen molar-refractivity contribution in [1.29, 1.82) is 0 Å². The fraction of sp³-hybridized carbons (Fsp3) is 0.509. The maximum atomic E-state index is 14.7. The van der Waals surface area contributed by atoms with E-state index in [1.54, 1.807) is 86.6 Å². The highest BCUT2D eigenvalue weighted by molar-refractivity contribution is 7.99. The van der Waals surface area contributed by atoms with Crippen LogP contribution in [0.3, 0.4) is 0 Å². The first-order valence-electron chi connectivity index (χ1n) is 27.6. The van der Waals surface area contributed by atoms with Gasteiger partial charge < -0.3 is 78.1 Å². The number of aliphatic carboxylic acids is 2. The molecule has 6 amide bonds. The van der Waals surface area contributed by atoms with Crippen molar-refractivity contribution in [3.63, 3.8) is 0 Å². The van der Waals surface area contributed by atoms with Crippen molar-refractivity contribution in [2.24, 2.45) is 11.7 Å². The second kappa shape index (κ2) is 36.2. The van der Waals surface area contributed by atoms with E-state index in [1.165, 1.54) is 12.1 Å². The second-order valence-corrected chi connectivity index (χ2v) is 22.2. The lowest BCUT2D eigenvalue weighted by Gasteiger charge is -2.39. The molecule has 26 nitrogen and oxygen atoms in total. The Kier molecular flexibility index (Phi) is 30.1. The van der Waals surface area contributed by atoms with E-state index >= 15 is 0 Å². The summed E-state index contributed by atoms with van der Waals surface area (Å²) in [5.41, 5.74) is 6.66. The van der Waals surface area contributed by atoms with Gasteiger partial charge in [0.1, 0.15) is 72.5 Å².